The van der Waals surface area contributed by atoms with Crippen molar-refractivity contribution in [3.05, 3.63) is 6.92 Å². The van der Waals surface area contributed by atoms with E-state index < -0.39 is 0 Å². The van der Waals surface area contributed by atoms with E-state index in [0.29, 0.717) is 12.5 Å². The van der Waals surface area contributed by atoms with E-state index in [4.69, 9.17) is 0 Å². The molecule has 5 heteroatoms. The second-order valence-corrected chi connectivity index (χ2v) is 17.9. The van der Waals surface area contributed by atoms with Crippen LogP contribution in [-0.4, -0.2) is 97.5 Å². The number of amides is 1. The van der Waals surface area contributed by atoms with Crippen LogP contribution in [0.25, 0.3) is 0 Å². The van der Waals surface area contributed by atoms with Crippen LogP contribution in [0, 0.1) is 12.8 Å². The number of carbonyl (C=O) groups excluding carboxylic acids is 1. The summed E-state index contributed by atoms with van der Waals surface area (Å²) in [5, 5.41) is 0. The first-order valence-electron chi connectivity index (χ1n) is 25.3. The predicted molar refractivity (Wildman–Crippen MR) is 245 cm³/mol. The Morgan fingerprint density at radius 3 is 1.15 bits per heavy atom. The molecule has 1 fully saturated rings. The molecule has 0 atom stereocenters. The minimum Gasteiger partial charge on any atom is -0.342 e. The standard InChI is InChI=1S/C50H101N4O/c1-6-11-15-19-23-27-31-39-51(38-10-5)43-35-49-36-44-54(45-37-49)50(55)48-53(42-34-30-26-22-18-14-9-4)47-46-52(40-32-28-24-20-16-12-7-2)41-33-29-25-21-17-13-8-3/h49H,5-48H2,1-4H3. The smallest absolute Gasteiger partial charge is 0.236 e. The third kappa shape index (κ3) is 32.0. The van der Waals surface area contributed by atoms with E-state index in [1.54, 1.807) is 0 Å². The van der Waals surface area contributed by atoms with Crippen LogP contribution in [-0.2, 0) is 4.79 Å². The lowest BCUT2D eigenvalue weighted by Gasteiger charge is -2.35. The highest BCUT2D eigenvalue weighted by Crippen LogP contribution is 2.22. The Labute approximate surface area is 347 Å². The number of piperidine rings is 1. The zero-order valence-corrected chi connectivity index (χ0v) is 38.4. The van der Waals surface area contributed by atoms with Gasteiger partial charge >= 0.3 is 0 Å². The first-order chi connectivity index (χ1) is 27.1. The van der Waals surface area contributed by atoms with E-state index >= 15 is 0 Å². The maximum absolute atomic E-state index is 13.8. The Morgan fingerprint density at radius 1 is 0.436 bits per heavy atom. The molecule has 327 valence electrons. The van der Waals surface area contributed by atoms with Gasteiger partial charge in [0.15, 0.2) is 0 Å². The Balaban J connectivity index is 2.64. The van der Waals surface area contributed by atoms with Gasteiger partial charge in [0.25, 0.3) is 0 Å². The molecule has 1 aliphatic rings. The van der Waals surface area contributed by atoms with Gasteiger partial charge in [-0.05, 0) is 96.6 Å². The Hall–Kier alpha value is -0.650. The number of carbonyl (C=O) groups is 1. The van der Waals surface area contributed by atoms with Gasteiger partial charge in [0.1, 0.15) is 0 Å². The molecule has 1 saturated heterocycles. The largest absolute Gasteiger partial charge is 0.342 e. The SMILES string of the molecule is [CH2]CCN(CCCCCCCCC)CCC1CCN(C(=O)CN(CCCCCCCCC)CCN(CCCCCCCCC)CCCCCCCCC)CC1. The van der Waals surface area contributed by atoms with Crippen molar-refractivity contribution in [1.29, 1.82) is 0 Å². The van der Waals surface area contributed by atoms with Gasteiger partial charge in [-0.3, -0.25) is 9.69 Å². The van der Waals surface area contributed by atoms with Crippen molar-refractivity contribution in [2.24, 2.45) is 5.92 Å². The van der Waals surface area contributed by atoms with Crippen LogP contribution in [0.4, 0.5) is 0 Å². The van der Waals surface area contributed by atoms with Gasteiger partial charge in [-0.25, -0.2) is 0 Å². The molecule has 1 aliphatic heterocycles. The number of rotatable bonds is 42. The molecule has 1 amide bonds. The van der Waals surface area contributed by atoms with Crippen molar-refractivity contribution in [2.75, 3.05) is 72.0 Å². The topological polar surface area (TPSA) is 30.0 Å². The van der Waals surface area contributed by atoms with Gasteiger partial charge in [0.2, 0.25) is 5.91 Å². The monoisotopic (exact) mass is 774 g/mol. The summed E-state index contributed by atoms with van der Waals surface area (Å²) in [6.45, 7) is 25.3. The molecule has 0 aromatic rings. The average Bonchev–Trinajstić information content (AvgIpc) is 3.20. The summed E-state index contributed by atoms with van der Waals surface area (Å²) in [7, 11) is 0. The summed E-state index contributed by atoms with van der Waals surface area (Å²) < 4.78 is 0. The zero-order chi connectivity index (χ0) is 39.9. The maximum atomic E-state index is 13.8. The number of hydrogen-bond acceptors (Lipinski definition) is 4. The fourth-order valence-corrected chi connectivity index (χ4v) is 8.74. The zero-order valence-electron chi connectivity index (χ0n) is 38.4. The fourth-order valence-electron chi connectivity index (χ4n) is 8.74. The van der Waals surface area contributed by atoms with Crippen LogP contribution in [0.2, 0.25) is 0 Å². The van der Waals surface area contributed by atoms with Gasteiger partial charge in [-0.15, -0.1) is 0 Å². The molecule has 0 N–H and O–H groups in total. The Bertz CT molecular complexity index is 766. The lowest BCUT2D eigenvalue weighted by Crippen LogP contribution is -2.46. The summed E-state index contributed by atoms with van der Waals surface area (Å²) in [6.07, 6.45) is 43.0. The van der Waals surface area contributed by atoms with Crippen molar-refractivity contribution in [2.45, 2.75) is 233 Å². The van der Waals surface area contributed by atoms with Crippen molar-refractivity contribution in [3.63, 3.8) is 0 Å². The Kier molecular flexibility index (Phi) is 38.2. The first kappa shape index (κ1) is 52.4. The average molecular weight is 774 g/mol. The molecule has 0 saturated carbocycles. The lowest BCUT2D eigenvalue weighted by molar-refractivity contribution is -0.134. The normalized spacial score (nSPS) is 14.0. The molecule has 0 aliphatic carbocycles. The molecule has 0 unspecified atom stereocenters. The van der Waals surface area contributed by atoms with Gasteiger partial charge in [-0.2, -0.15) is 0 Å². The molecular formula is C50H101N4O. The third-order valence-corrected chi connectivity index (χ3v) is 12.7. The number of likely N-dealkylation sites (tertiary alicyclic amines) is 1. The van der Waals surface area contributed by atoms with Gasteiger partial charge in [0, 0.05) is 26.2 Å². The fraction of sp³-hybridized carbons (Fsp3) is 0.960. The summed E-state index contributed by atoms with van der Waals surface area (Å²) in [5.74, 6) is 1.16. The van der Waals surface area contributed by atoms with Crippen LogP contribution in [0.3, 0.4) is 0 Å². The number of unbranched alkanes of at least 4 members (excludes halogenated alkanes) is 24. The van der Waals surface area contributed by atoms with E-state index in [1.165, 1.54) is 225 Å². The van der Waals surface area contributed by atoms with E-state index in [0.717, 1.165) is 51.6 Å². The highest BCUT2D eigenvalue weighted by Gasteiger charge is 2.24. The molecule has 0 bridgehead atoms. The molecule has 0 aromatic heterocycles. The van der Waals surface area contributed by atoms with E-state index in [9.17, 15) is 4.79 Å². The quantitative estimate of drug-likeness (QED) is 0.0578. The van der Waals surface area contributed by atoms with Crippen LogP contribution >= 0.6 is 0 Å². The highest BCUT2D eigenvalue weighted by molar-refractivity contribution is 5.78. The van der Waals surface area contributed by atoms with Crippen molar-refractivity contribution in [3.8, 4) is 0 Å². The lowest BCUT2D eigenvalue weighted by atomic mass is 9.93. The number of nitrogens with zero attached hydrogens (tertiary/aromatic N) is 4. The summed E-state index contributed by atoms with van der Waals surface area (Å²) >= 11 is 0. The van der Waals surface area contributed by atoms with E-state index in [-0.39, 0.29) is 0 Å². The highest BCUT2D eigenvalue weighted by atomic mass is 16.2. The molecule has 1 radical (unpaired) electrons. The maximum Gasteiger partial charge on any atom is 0.236 e. The van der Waals surface area contributed by atoms with Crippen LogP contribution < -0.4 is 0 Å². The van der Waals surface area contributed by atoms with Gasteiger partial charge in [-0.1, -0.05) is 189 Å². The predicted octanol–water partition coefficient (Wildman–Crippen LogP) is 13.7. The minimum absolute atomic E-state index is 0.393. The van der Waals surface area contributed by atoms with Crippen molar-refractivity contribution >= 4 is 5.91 Å². The molecular weight excluding hydrogens is 673 g/mol. The number of hydrogen-bond donors (Lipinski definition) is 0. The van der Waals surface area contributed by atoms with Crippen molar-refractivity contribution in [1.82, 2.24) is 19.6 Å². The minimum atomic E-state index is 0.393. The Morgan fingerprint density at radius 2 is 0.764 bits per heavy atom. The first-order valence-corrected chi connectivity index (χ1v) is 25.3. The van der Waals surface area contributed by atoms with Crippen LogP contribution in [0.1, 0.15) is 233 Å². The van der Waals surface area contributed by atoms with Gasteiger partial charge in [0.05, 0.1) is 6.54 Å². The molecule has 5 nitrogen and oxygen atoms in total. The van der Waals surface area contributed by atoms with E-state index in [2.05, 4.69) is 54.2 Å². The summed E-state index contributed by atoms with van der Waals surface area (Å²) in [6, 6.07) is 0. The summed E-state index contributed by atoms with van der Waals surface area (Å²) in [5.41, 5.74) is 0. The second kappa shape index (κ2) is 40.1. The van der Waals surface area contributed by atoms with E-state index in [1.807, 2.05) is 0 Å². The summed E-state index contributed by atoms with van der Waals surface area (Å²) in [4.78, 5) is 24.1. The molecule has 1 rings (SSSR count). The van der Waals surface area contributed by atoms with Crippen molar-refractivity contribution < 1.29 is 4.79 Å². The third-order valence-electron chi connectivity index (χ3n) is 12.7. The molecule has 55 heavy (non-hydrogen) atoms. The molecule has 1 heterocycles. The molecule has 0 spiro atoms. The second-order valence-electron chi connectivity index (χ2n) is 17.9. The van der Waals surface area contributed by atoms with Crippen LogP contribution in [0.5, 0.6) is 0 Å². The molecule has 0 aromatic carbocycles. The van der Waals surface area contributed by atoms with Crippen LogP contribution in [0.15, 0.2) is 0 Å². The van der Waals surface area contributed by atoms with Gasteiger partial charge < -0.3 is 14.7 Å².